The molecule has 0 fully saturated rings. The number of hydrogen-bond acceptors (Lipinski definition) is 5. The first-order chi connectivity index (χ1) is 15.6. The Labute approximate surface area is 187 Å². The largest absolute Gasteiger partial charge is 0.497 e. The van der Waals surface area contributed by atoms with Crippen molar-refractivity contribution in [3.05, 3.63) is 90.3 Å². The molecule has 2 heterocycles. The highest BCUT2D eigenvalue weighted by Gasteiger charge is 2.19. The van der Waals surface area contributed by atoms with Crippen molar-refractivity contribution in [1.29, 1.82) is 0 Å². The number of carbonyl (C=O) groups is 1. The van der Waals surface area contributed by atoms with Crippen LogP contribution in [0.4, 0.5) is 0 Å². The van der Waals surface area contributed by atoms with E-state index in [1.165, 1.54) is 0 Å². The van der Waals surface area contributed by atoms with Crippen LogP contribution in [0.1, 0.15) is 22.0 Å². The van der Waals surface area contributed by atoms with Crippen molar-refractivity contribution in [3.63, 3.8) is 0 Å². The molecule has 6 heteroatoms. The summed E-state index contributed by atoms with van der Waals surface area (Å²) in [5.74, 6) is 0.663. The molecule has 0 saturated carbocycles. The first kappa shape index (κ1) is 21.5. The monoisotopic (exact) mass is 426 g/mol. The van der Waals surface area contributed by atoms with Crippen LogP contribution in [0.5, 0.6) is 5.75 Å². The van der Waals surface area contributed by atoms with Gasteiger partial charge in [0.25, 0.3) is 5.91 Å². The van der Waals surface area contributed by atoms with Gasteiger partial charge in [-0.25, -0.2) is 4.98 Å². The lowest BCUT2D eigenvalue weighted by Crippen LogP contribution is -2.34. The van der Waals surface area contributed by atoms with Crippen LogP contribution in [0, 0.1) is 0 Å². The molecule has 0 aliphatic rings. The summed E-state index contributed by atoms with van der Waals surface area (Å²) in [6, 6.07) is 21.3. The van der Waals surface area contributed by atoms with Crippen molar-refractivity contribution in [1.82, 2.24) is 20.2 Å². The van der Waals surface area contributed by atoms with Gasteiger partial charge in [0.1, 0.15) is 5.75 Å². The lowest BCUT2D eigenvalue weighted by molar-refractivity contribution is 0.0943. The van der Waals surface area contributed by atoms with Gasteiger partial charge in [-0.3, -0.25) is 9.78 Å². The zero-order chi connectivity index (χ0) is 22.5. The zero-order valence-electron chi connectivity index (χ0n) is 18.4. The number of nitrogens with zero attached hydrogens (tertiary/aromatic N) is 3. The van der Waals surface area contributed by atoms with Gasteiger partial charge < -0.3 is 15.0 Å². The van der Waals surface area contributed by atoms with Crippen LogP contribution in [0.2, 0.25) is 0 Å². The SMILES string of the molecule is COc1cccc(C(CNC(=O)c2cc(-c3ccncc3)nc3ccccc23)N(C)C)c1. The molecule has 162 valence electrons. The standard InChI is InChI=1S/C26H26N4O2/c1-30(2)25(19-7-6-8-20(15-19)32-3)17-28-26(31)22-16-24(18-11-13-27-14-12-18)29-23-10-5-4-9-21(22)23/h4-16,25H,17H2,1-3H3,(H,28,31). The number of ether oxygens (including phenoxy) is 1. The van der Waals surface area contributed by atoms with Gasteiger partial charge in [0.2, 0.25) is 0 Å². The summed E-state index contributed by atoms with van der Waals surface area (Å²) >= 11 is 0. The Bertz CT molecular complexity index is 1220. The van der Waals surface area contributed by atoms with E-state index < -0.39 is 0 Å². The summed E-state index contributed by atoms with van der Waals surface area (Å²) in [5.41, 5.74) is 4.12. The smallest absolute Gasteiger partial charge is 0.252 e. The maximum Gasteiger partial charge on any atom is 0.252 e. The Hall–Kier alpha value is -3.77. The second-order valence-corrected chi connectivity index (χ2v) is 7.77. The Morgan fingerprint density at radius 1 is 1.03 bits per heavy atom. The highest BCUT2D eigenvalue weighted by Crippen LogP contribution is 2.26. The maximum atomic E-state index is 13.3. The number of fused-ring (bicyclic) bond motifs is 1. The predicted molar refractivity (Wildman–Crippen MR) is 127 cm³/mol. The van der Waals surface area contributed by atoms with Crippen LogP contribution < -0.4 is 10.1 Å². The lowest BCUT2D eigenvalue weighted by Gasteiger charge is -2.25. The summed E-state index contributed by atoms with van der Waals surface area (Å²) in [4.78, 5) is 24.2. The van der Waals surface area contributed by atoms with Crippen LogP contribution in [0.25, 0.3) is 22.2 Å². The van der Waals surface area contributed by atoms with E-state index in [9.17, 15) is 4.79 Å². The average Bonchev–Trinajstić information content (AvgIpc) is 2.83. The van der Waals surface area contributed by atoms with Crippen molar-refractivity contribution in [2.24, 2.45) is 0 Å². The molecule has 1 unspecified atom stereocenters. The number of methoxy groups -OCH3 is 1. The van der Waals surface area contributed by atoms with Gasteiger partial charge in [-0.15, -0.1) is 0 Å². The van der Waals surface area contributed by atoms with E-state index in [1.54, 1.807) is 19.5 Å². The number of hydrogen-bond donors (Lipinski definition) is 1. The van der Waals surface area contributed by atoms with Crippen LogP contribution in [-0.4, -0.2) is 48.5 Å². The van der Waals surface area contributed by atoms with Crippen LogP contribution in [0.15, 0.2) is 79.1 Å². The number of benzene rings is 2. The average molecular weight is 427 g/mol. The van der Waals surface area contributed by atoms with Gasteiger partial charge in [0, 0.05) is 29.9 Å². The molecule has 0 radical (unpaired) electrons. The molecule has 0 saturated heterocycles. The number of aromatic nitrogens is 2. The summed E-state index contributed by atoms with van der Waals surface area (Å²) in [6.07, 6.45) is 3.45. The molecule has 6 nitrogen and oxygen atoms in total. The minimum absolute atomic E-state index is 0.00168. The number of amides is 1. The van der Waals surface area contributed by atoms with Gasteiger partial charge in [-0.05, 0) is 56.1 Å². The summed E-state index contributed by atoms with van der Waals surface area (Å²) in [6.45, 7) is 0.459. The number of carbonyl (C=O) groups excluding carboxylic acids is 1. The van der Waals surface area contributed by atoms with Gasteiger partial charge in [0.15, 0.2) is 0 Å². The number of rotatable bonds is 7. The van der Waals surface area contributed by atoms with E-state index >= 15 is 0 Å². The number of pyridine rings is 2. The van der Waals surface area contributed by atoms with Crippen LogP contribution in [0.3, 0.4) is 0 Å². The highest BCUT2D eigenvalue weighted by atomic mass is 16.5. The second-order valence-electron chi connectivity index (χ2n) is 7.77. The molecule has 1 N–H and O–H groups in total. The van der Waals surface area contributed by atoms with Gasteiger partial charge in [0.05, 0.1) is 29.9 Å². The molecule has 1 amide bonds. The summed E-state index contributed by atoms with van der Waals surface area (Å²) < 4.78 is 5.37. The van der Waals surface area contributed by atoms with Gasteiger partial charge in [-0.1, -0.05) is 30.3 Å². The molecular weight excluding hydrogens is 400 g/mol. The molecule has 0 bridgehead atoms. The Kier molecular flexibility index (Phi) is 6.42. The van der Waals surface area contributed by atoms with E-state index in [-0.39, 0.29) is 11.9 Å². The van der Waals surface area contributed by atoms with Crippen LogP contribution >= 0.6 is 0 Å². The van der Waals surface area contributed by atoms with Crippen molar-refractivity contribution < 1.29 is 9.53 Å². The predicted octanol–water partition coefficient (Wildman–Crippen LogP) is 4.34. The minimum Gasteiger partial charge on any atom is -0.497 e. The fraction of sp³-hybridized carbons (Fsp3) is 0.192. The first-order valence-corrected chi connectivity index (χ1v) is 10.5. The molecule has 0 aliphatic carbocycles. The van der Waals surface area contributed by atoms with E-state index in [1.807, 2.05) is 80.8 Å². The number of nitrogens with one attached hydrogen (secondary N) is 1. The summed E-state index contributed by atoms with van der Waals surface area (Å²) in [7, 11) is 5.65. The highest BCUT2D eigenvalue weighted by molar-refractivity contribution is 6.07. The molecular formula is C26H26N4O2. The van der Waals surface area contributed by atoms with Crippen molar-refractivity contribution in [3.8, 4) is 17.0 Å². The Balaban J connectivity index is 1.64. The van der Waals surface area contributed by atoms with E-state index in [0.717, 1.165) is 33.5 Å². The lowest BCUT2D eigenvalue weighted by atomic mass is 10.0. The third-order valence-corrected chi connectivity index (χ3v) is 5.49. The third kappa shape index (κ3) is 4.60. The third-order valence-electron chi connectivity index (χ3n) is 5.49. The first-order valence-electron chi connectivity index (χ1n) is 10.5. The summed E-state index contributed by atoms with van der Waals surface area (Å²) in [5, 5.41) is 3.95. The van der Waals surface area contributed by atoms with E-state index in [4.69, 9.17) is 9.72 Å². The Morgan fingerprint density at radius 2 is 1.81 bits per heavy atom. The molecule has 4 rings (SSSR count). The topological polar surface area (TPSA) is 67.3 Å². The molecule has 1 atom stereocenters. The fourth-order valence-corrected chi connectivity index (χ4v) is 3.77. The number of likely N-dealkylation sites (N-methyl/N-ethyl adjacent to an activating group) is 1. The molecule has 2 aromatic carbocycles. The molecule has 0 aliphatic heterocycles. The maximum absolute atomic E-state index is 13.3. The van der Waals surface area contributed by atoms with Crippen molar-refractivity contribution in [2.75, 3.05) is 27.7 Å². The van der Waals surface area contributed by atoms with Crippen LogP contribution in [-0.2, 0) is 0 Å². The Morgan fingerprint density at radius 3 is 2.56 bits per heavy atom. The van der Waals surface area contributed by atoms with E-state index in [2.05, 4.69) is 15.2 Å². The van der Waals surface area contributed by atoms with Crippen molar-refractivity contribution >= 4 is 16.8 Å². The normalized spacial score (nSPS) is 12.0. The number of para-hydroxylation sites is 1. The van der Waals surface area contributed by atoms with Gasteiger partial charge >= 0.3 is 0 Å². The fourth-order valence-electron chi connectivity index (χ4n) is 3.77. The second kappa shape index (κ2) is 9.58. The molecule has 32 heavy (non-hydrogen) atoms. The van der Waals surface area contributed by atoms with Gasteiger partial charge in [-0.2, -0.15) is 0 Å². The zero-order valence-corrected chi connectivity index (χ0v) is 18.4. The van der Waals surface area contributed by atoms with Crippen molar-refractivity contribution in [2.45, 2.75) is 6.04 Å². The molecule has 4 aromatic rings. The molecule has 2 aromatic heterocycles. The quantitative estimate of drug-likeness (QED) is 0.476. The minimum atomic E-state index is -0.131. The van der Waals surface area contributed by atoms with E-state index in [0.29, 0.717) is 12.1 Å². The molecule has 0 spiro atoms.